The molecule has 2 N–H and O–H groups in total. The van der Waals surface area contributed by atoms with Gasteiger partial charge in [0.2, 0.25) is 11.2 Å². The molecule has 20 heavy (non-hydrogen) atoms. The molecule has 0 fully saturated rings. The second kappa shape index (κ2) is 5.67. The smallest absolute Gasteiger partial charge is 0.247 e. The zero-order chi connectivity index (χ0) is 14.9. The quantitative estimate of drug-likeness (QED) is 0.859. The highest BCUT2D eigenvalue weighted by Gasteiger charge is 2.11. The van der Waals surface area contributed by atoms with Crippen molar-refractivity contribution in [1.82, 2.24) is 9.97 Å². The molecule has 0 amide bonds. The lowest BCUT2D eigenvalue weighted by Crippen LogP contribution is -2.01. The van der Waals surface area contributed by atoms with Crippen LogP contribution in [0.2, 0.25) is 5.28 Å². The van der Waals surface area contributed by atoms with Gasteiger partial charge in [0.1, 0.15) is 11.4 Å². The molecule has 106 valence electrons. The monoisotopic (exact) mass is 291 g/mol. The van der Waals surface area contributed by atoms with Gasteiger partial charge in [-0.3, -0.25) is 0 Å². The highest BCUT2D eigenvalue weighted by Crippen LogP contribution is 2.30. The van der Waals surface area contributed by atoms with E-state index >= 15 is 0 Å². The Bertz CT molecular complexity index is 641. The second-order valence-corrected chi connectivity index (χ2v) is 5.41. The molecule has 1 aromatic heterocycles. The van der Waals surface area contributed by atoms with Gasteiger partial charge in [-0.1, -0.05) is 19.9 Å². The van der Waals surface area contributed by atoms with Crippen molar-refractivity contribution < 1.29 is 4.74 Å². The number of nitrogens with two attached hydrogens (primary N) is 1. The third-order valence-electron chi connectivity index (χ3n) is 3.15. The van der Waals surface area contributed by atoms with E-state index in [1.807, 2.05) is 12.1 Å². The van der Waals surface area contributed by atoms with E-state index < -0.39 is 0 Å². The minimum atomic E-state index is 0.127. The van der Waals surface area contributed by atoms with Crippen molar-refractivity contribution in [1.29, 1.82) is 0 Å². The van der Waals surface area contributed by atoms with Gasteiger partial charge in [0.05, 0.1) is 5.69 Å². The van der Waals surface area contributed by atoms with E-state index in [0.717, 1.165) is 0 Å². The van der Waals surface area contributed by atoms with E-state index in [1.54, 1.807) is 6.92 Å². The Kier molecular flexibility index (Phi) is 4.14. The predicted octanol–water partition coefficient (Wildman–Crippen LogP) is 4.24. The summed E-state index contributed by atoms with van der Waals surface area (Å²) in [6.07, 6.45) is 0. The molecule has 0 saturated carbocycles. The first-order valence-electron chi connectivity index (χ1n) is 6.46. The maximum atomic E-state index is 5.91. The number of aryl methyl sites for hydroxylation is 2. The molecule has 4 nitrogen and oxygen atoms in total. The van der Waals surface area contributed by atoms with E-state index in [9.17, 15) is 0 Å². The highest BCUT2D eigenvalue weighted by molar-refractivity contribution is 6.28. The molecule has 0 aliphatic carbocycles. The average Bonchev–Trinajstić information content (AvgIpc) is 2.35. The largest absolute Gasteiger partial charge is 0.437 e. The summed E-state index contributed by atoms with van der Waals surface area (Å²) in [5.41, 5.74) is 9.38. The van der Waals surface area contributed by atoms with Crippen molar-refractivity contribution >= 4 is 17.3 Å². The number of benzene rings is 1. The highest BCUT2D eigenvalue weighted by atomic mass is 35.5. The summed E-state index contributed by atoms with van der Waals surface area (Å²) >= 11 is 5.83. The summed E-state index contributed by atoms with van der Waals surface area (Å²) in [4.78, 5) is 8.00. The number of nitrogen functional groups attached to an aromatic ring is 1. The number of hydrogen-bond acceptors (Lipinski definition) is 4. The third kappa shape index (κ3) is 3.02. The Morgan fingerprint density at radius 1 is 1.20 bits per heavy atom. The number of anilines is 1. The van der Waals surface area contributed by atoms with Crippen LogP contribution in [0.4, 0.5) is 5.69 Å². The van der Waals surface area contributed by atoms with Crippen LogP contribution < -0.4 is 10.5 Å². The Labute approximate surface area is 124 Å². The summed E-state index contributed by atoms with van der Waals surface area (Å²) in [6, 6.07) is 5.94. The van der Waals surface area contributed by atoms with Gasteiger partial charge >= 0.3 is 0 Å². The molecule has 2 aromatic rings. The molecule has 5 heteroatoms. The van der Waals surface area contributed by atoms with Crippen LogP contribution >= 0.6 is 11.6 Å². The molecule has 0 bridgehead atoms. The lowest BCUT2D eigenvalue weighted by atomic mass is 9.98. The lowest BCUT2D eigenvalue weighted by Gasteiger charge is -2.13. The molecule has 0 aliphatic heterocycles. The minimum Gasteiger partial charge on any atom is -0.437 e. The third-order valence-corrected chi connectivity index (χ3v) is 3.32. The van der Waals surface area contributed by atoms with Gasteiger partial charge < -0.3 is 10.5 Å². The number of aromatic nitrogens is 2. The Morgan fingerprint density at radius 3 is 2.50 bits per heavy atom. The van der Waals surface area contributed by atoms with Gasteiger partial charge in [0.15, 0.2) is 0 Å². The molecule has 1 aromatic carbocycles. The van der Waals surface area contributed by atoms with Crippen LogP contribution in [-0.2, 0) is 0 Å². The minimum absolute atomic E-state index is 0.127. The number of nitrogens with zero attached hydrogens (tertiary/aromatic N) is 2. The van der Waals surface area contributed by atoms with Crippen molar-refractivity contribution in [3.05, 3.63) is 40.3 Å². The van der Waals surface area contributed by atoms with E-state index in [2.05, 4.69) is 36.8 Å². The Hall–Kier alpha value is -1.81. The number of hydrogen-bond donors (Lipinski definition) is 1. The van der Waals surface area contributed by atoms with Crippen molar-refractivity contribution in [3.63, 3.8) is 0 Å². The Morgan fingerprint density at radius 2 is 1.90 bits per heavy atom. The van der Waals surface area contributed by atoms with E-state index in [4.69, 9.17) is 22.1 Å². The van der Waals surface area contributed by atoms with Crippen LogP contribution in [0.5, 0.6) is 11.6 Å². The summed E-state index contributed by atoms with van der Waals surface area (Å²) < 4.78 is 5.73. The summed E-state index contributed by atoms with van der Waals surface area (Å²) in [5.74, 6) is 1.46. The zero-order valence-electron chi connectivity index (χ0n) is 12.1. The topological polar surface area (TPSA) is 61.0 Å². The maximum absolute atomic E-state index is 5.91. The average molecular weight is 292 g/mol. The first kappa shape index (κ1) is 14.6. The van der Waals surface area contributed by atoms with Crippen LogP contribution in [0.1, 0.15) is 36.6 Å². The van der Waals surface area contributed by atoms with Crippen LogP contribution in [0.3, 0.4) is 0 Å². The molecule has 0 saturated heterocycles. The summed E-state index contributed by atoms with van der Waals surface area (Å²) in [7, 11) is 0. The fourth-order valence-electron chi connectivity index (χ4n) is 2.07. The molecule has 0 radical (unpaired) electrons. The SMILES string of the molecule is Cc1cc(Oc2nc(Cl)nc(C)c2N)ccc1C(C)C. The maximum Gasteiger partial charge on any atom is 0.247 e. The molecule has 0 atom stereocenters. The lowest BCUT2D eigenvalue weighted by molar-refractivity contribution is 0.463. The number of halogens is 1. The van der Waals surface area contributed by atoms with Crippen molar-refractivity contribution in [2.24, 2.45) is 0 Å². The van der Waals surface area contributed by atoms with Crippen LogP contribution in [0, 0.1) is 13.8 Å². The molecular weight excluding hydrogens is 274 g/mol. The molecule has 0 unspecified atom stereocenters. The van der Waals surface area contributed by atoms with Gasteiger partial charge in [-0.2, -0.15) is 4.98 Å². The standard InChI is InChI=1S/C15H18ClN3O/c1-8(2)12-6-5-11(7-9(12)3)20-14-13(17)10(4)18-15(16)19-14/h5-8H,17H2,1-4H3. The van der Waals surface area contributed by atoms with Gasteiger partial charge in [-0.15, -0.1) is 0 Å². The van der Waals surface area contributed by atoms with Crippen LogP contribution in [-0.4, -0.2) is 9.97 Å². The molecule has 2 rings (SSSR count). The first-order valence-corrected chi connectivity index (χ1v) is 6.84. The van der Waals surface area contributed by atoms with Gasteiger partial charge in [0.25, 0.3) is 0 Å². The fourth-order valence-corrected chi connectivity index (χ4v) is 2.27. The second-order valence-electron chi connectivity index (χ2n) is 5.07. The Balaban J connectivity index is 2.33. The summed E-state index contributed by atoms with van der Waals surface area (Å²) in [5, 5.41) is 0.127. The van der Waals surface area contributed by atoms with Gasteiger partial charge in [0, 0.05) is 0 Å². The number of rotatable bonds is 3. The van der Waals surface area contributed by atoms with Gasteiger partial charge in [-0.05, 0) is 54.6 Å². The normalized spacial score (nSPS) is 10.9. The molecule has 0 spiro atoms. The van der Waals surface area contributed by atoms with Crippen molar-refractivity contribution in [3.8, 4) is 11.6 Å². The van der Waals surface area contributed by atoms with Crippen molar-refractivity contribution in [2.45, 2.75) is 33.6 Å². The van der Waals surface area contributed by atoms with Gasteiger partial charge in [-0.25, -0.2) is 4.98 Å². The molecular formula is C15H18ClN3O. The zero-order valence-corrected chi connectivity index (χ0v) is 12.8. The summed E-state index contributed by atoms with van der Waals surface area (Å²) in [6.45, 7) is 8.15. The van der Waals surface area contributed by atoms with Crippen molar-refractivity contribution in [2.75, 3.05) is 5.73 Å². The fraction of sp³-hybridized carbons (Fsp3) is 0.333. The first-order chi connectivity index (χ1) is 9.38. The van der Waals surface area contributed by atoms with E-state index in [1.165, 1.54) is 11.1 Å². The van der Waals surface area contributed by atoms with E-state index in [-0.39, 0.29) is 5.28 Å². The molecule has 0 aliphatic rings. The number of ether oxygens (including phenoxy) is 1. The van der Waals surface area contributed by atoms with E-state index in [0.29, 0.717) is 28.9 Å². The molecule has 1 heterocycles. The van der Waals surface area contributed by atoms with Crippen LogP contribution in [0.25, 0.3) is 0 Å². The van der Waals surface area contributed by atoms with Crippen LogP contribution in [0.15, 0.2) is 18.2 Å². The predicted molar refractivity (Wildman–Crippen MR) is 81.5 cm³/mol.